The number of rotatable bonds is 1. The van der Waals surface area contributed by atoms with Crippen molar-refractivity contribution in [3.8, 4) is 0 Å². The quantitative estimate of drug-likeness (QED) is 0.586. The molecule has 1 fully saturated rings. The Hall–Kier alpha value is -1.89. The molecule has 16 heavy (non-hydrogen) atoms. The summed E-state index contributed by atoms with van der Waals surface area (Å²) >= 11 is 0. The molecule has 2 aromatic heterocycles. The van der Waals surface area contributed by atoms with Crippen molar-refractivity contribution in [2.75, 3.05) is 18.8 Å². The van der Waals surface area contributed by atoms with Gasteiger partial charge >= 0.3 is 0 Å². The first kappa shape index (κ1) is 9.34. The first-order valence-corrected chi connectivity index (χ1v) is 5.19. The maximum absolute atomic E-state index is 11.6. The highest BCUT2D eigenvalue weighted by Gasteiger charge is 2.20. The molecule has 1 aliphatic rings. The van der Waals surface area contributed by atoms with Crippen LogP contribution in [0.25, 0.3) is 11.2 Å². The van der Waals surface area contributed by atoms with E-state index in [1.54, 1.807) is 6.33 Å². The van der Waals surface area contributed by atoms with Gasteiger partial charge in [-0.2, -0.15) is 4.98 Å². The molecule has 0 unspecified atom stereocenters. The number of nitrogens with zero attached hydrogens (tertiary/aromatic N) is 3. The molecule has 2 aromatic rings. The molecular formula is C9H12N6O. The molecule has 0 bridgehead atoms. The number of hydrogen-bond acceptors (Lipinski definition) is 5. The van der Waals surface area contributed by atoms with Gasteiger partial charge in [0.2, 0.25) is 5.95 Å². The van der Waals surface area contributed by atoms with Crippen molar-refractivity contribution >= 4 is 17.1 Å². The monoisotopic (exact) mass is 220 g/mol. The molecule has 1 saturated heterocycles. The number of hydrogen-bond donors (Lipinski definition) is 3. The van der Waals surface area contributed by atoms with Gasteiger partial charge in [-0.1, -0.05) is 0 Å². The van der Waals surface area contributed by atoms with Crippen LogP contribution in [-0.4, -0.2) is 32.6 Å². The number of fused-ring (bicyclic) bond motifs is 1. The zero-order valence-corrected chi connectivity index (χ0v) is 8.60. The minimum Gasteiger partial charge on any atom is -0.369 e. The van der Waals surface area contributed by atoms with Gasteiger partial charge in [0.25, 0.3) is 5.56 Å². The fourth-order valence-corrected chi connectivity index (χ4v) is 2.09. The van der Waals surface area contributed by atoms with Crippen molar-refractivity contribution in [1.29, 1.82) is 0 Å². The SMILES string of the molecule is Nc1nc2c(ncn2[C@H]2CCNC2)c(=O)[nH]1. The summed E-state index contributed by atoms with van der Waals surface area (Å²) in [4.78, 5) is 22.2. The summed E-state index contributed by atoms with van der Waals surface area (Å²) in [5.74, 6) is 0.130. The van der Waals surface area contributed by atoms with Crippen molar-refractivity contribution in [3.05, 3.63) is 16.7 Å². The highest BCUT2D eigenvalue weighted by Crippen LogP contribution is 2.19. The van der Waals surface area contributed by atoms with Crippen molar-refractivity contribution in [2.45, 2.75) is 12.5 Å². The van der Waals surface area contributed by atoms with Gasteiger partial charge in [-0.15, -0.1) is 0 Å². The van der Waals surface area contributed by atoms with E-state index in [9.17, 15) is 4.79 Å². The highest BCUT2D eigenvalue weighted by atomic mass is 16.1. The lowest BCUT2D eigenvalue weighted by Crippen LogP contribution is -2.15. The zero-order chi connectivity index (χ0) is 11.1. The fraction of sp³-hybridized carbons (Fsp3) is 0.444. The normalized spacial score (nSPS) is 20.6. The second kappa shape index (κ2) is 3.31. The topological polar surface area (TPSA) is 102 Å². The van der Waals surface area contributed by atoms with Crippen LogP contribution in [-0.2, 0) is 0 Å². The third-order valence-corrected chi connectivity index (χ3v) is 2.88. The predicted octanol–water partition coefficient (Wildman–Crippen LogP) is -0.764. The number of aromatic nitrogens is 4. The minimum absolute atomic E-state index is 0.130. The van der Waals surface area contributed by atoms with Gasteiger partial charge in [0, 0.05) is 6.54 Å². The van der Waals surface area contributed by atoms with Gasteiger partial charge in [-0.05, 0) is 13.0 Å². The van der Waals surface area contributed by atoms with Crippen LogP contribution in [0.2, 0.25) is 0 Å². The molecule has 3 heterocycles. The largest absolute Gasteiger partial charge is 0.369 e. The maximum atomic E-state index is 11.6. The summed E-state index contributed by atoms with van der Waals surface area (Å²) in [6.45, 7) is 1.85. The third kappa shape index (κ3) is 1.28. The van der Waals surface area contributed by atoms with Gasteiger partial charge in [-0.25, -0.2) is 4.98 Å². The minimum atomic E-state index is -0.285. The van der Waals surface area contributed by atoms with E-state index >= 15 is 0 Å². The molecule has 0 aromatic carbocycles. The van der Waals surface area contributed by atoms with E-state index in [1.165, 1.54) is 0 Å². The Bertz CT molecular complexity index is 579. The van der Waals surface area contributed by atoms with Crippen LogP contribution in [0.5, 0.6) is 0 Å². The summed E-state index contributed by atoms with van der Waals surface area (Å²) in [6.07, 6.45) is 2.67. The summed E-state index contributed by atoms with van der Waals surface area (Å²) in [5, 5.41) is 3.26. The van der Waals surface area contributed by atoms with Crippen molar-refractivity contribution in [1.82, 2.24) is 24.8 Å². The number of nitrogens with one attached hydrogen (secondary N) is 2. The molecule has 4 N–H and O–H groups in total. The van der Waals surface area contributed by atoms with Crippen LogP contribution in [0.4, 0.5) is 5.95 Å². The van der Waals surface area contributed by atoms with Crippen LogP contribution in [0.15, 0.2) is 11.1 Å². The molecule has 7 heteroatoms. The Kier molecular flexibility index (Phi) is 1.93. The van der Waals surface area contributed by atoms with E-state index in [-0.39, 0.29) is 11.5 Å². The summed E-state index contributed by atoms with van der Waals surface area (Å²) < 4.78 is 1.92. The zero-order valence-electron chi connectivity index (χ0n) is 8.60. The molecule has 0 aliphatic carbocycles. The van der Waals surface area contributed by atoms with Crippen LogP contribution in [0, 0.1) is 0 Å². The van der Waals surface area contributed by atoms with E-state index < -0.39 is 0 Å². The lowest BCUT2D eigenvalue weighted by molar-refractivity contribution is 0.558. The second-order valence-electron chi connectivity index (χ2n) is 3.92. The number of aromatic amines is 1. The number of nitrogen functional groups attached to an aromatic ring is 1. The van der Waals surface area contributed by atoms with Crippen molar-refractivity contribution in [2.24, 2.45) is 0 Å². The number of H-pyrrole nitrogens is 1. The Morgan fingerprint density at radius 3 is 3.19 bits per heavy atom. The third-order valence-electron chi connectivity index (χ3n) is 2.88. The Morgan fingerprint density at radius 2 is 2.44 bits per heavy atom. The number of anilines is 1. The molecule has 0 radical (unpaired) electrons. The number of nitrogens with two attached hydrogens (primary N) is 1. The van der Waals surface area contributed by atoms with Gasteiger partial charge in [0.1, 0.15) is 0 Å². The van der Waals surface area contributed by atoms with Gasteiger partial charge < -0.3 is 15.6 Å². The molecule has 1 atom stereocenters. The molecule has 1 aliphatic heterocycles. The summed E-state index contributed by atoms with van der Waals surface area (Å²) in [5.41, 5.74) is 6.16. The van der Waals surface area contributed by atoms with Crippen molar-refractivity contribution in [3.63, 3.8) is 0 Å². The number of imidazole rings is 1. The molecule has 3 rings (SSSR count). The fourth-order valence-electron chi connectivity index (χ4n) is 2.09. The van der Waals surface area contributed by atoms with Gasteiger partial charge in [0.05, 0.1) is 12.4 Å². The molecule has 0 saturated carbocycles. The average molecular weight is 220 g/mol. The van der Waals surface area contributed by atoms with E-state index in [4.69, 9.17) is 5.73 Å². The maximum Gasteiger partial charge on any atom is 0.280 e. The molecule has 7 nitrogen and oxygen atoms in total. The van der Waals surface area contributed by atoms with E-state index in [2.05, 4.69) is 20.3 Å². The van der Waals surface area contributed by atoms with Gasteiger partial charge in [0.15, 0.2) is 11.2 Å². The average Bonchev–Trinajstić information content (AvgIpc) is 2.83. The Labute approximate surface area is 90.7 Å². The Balaban J connectivity index is 2.22. The standard InChI is InChI=1S/C9H12N6O/c10-9-13-7-6(8(16)14-9)12-4-15(7)5-1-2-11-3-5/h4-5,11H,1-3H2,(H3,10,13,14,16)/t5-/m0/s1. The summed E-state index contributed by atoms with van der Waals surface area (Å²) in [6, 6.07) is 0.304. The molecular weight excluding hydrogens is 208 g/mol. The Morgan fingerprint density at radius 1 is 1.56 bits per heavy atom. The van der Waals surface area contributed by atoms with Crippen LogP contribution < -0.4 is 16.6 Å². The van der Waals surface area contributed by atoms with Crippen LogP contribution in [0.3, 0.4) is 0 Å². The second-order valence-corrected chi connectivity index (χ2v) is 3.92. The predicted molar refractivity (Wildman–Crippen MR) is 59.1 cm³/mol. The molecule has 84 valence electrons. The summed E-state index contributed by atoms with van der Waals surface area (Å²) in [7, 11) is 0. The lowest BCUT2D eigenvalue weighted by atomic mass is 10.2. The van der Waals surface area contributed by atoms with Gasteiger partial charge in [-0.3, -0.25) is 9.78 Å². The first-order valence-electron chi connectivity index (χ1n) is 5.19. The highest BCUT2D eigenvalue weighted by molar-refractivity contribution is 5.70. The van der Waals surface area contributed by atoms with Crippen LogP contribution in [0.1, 0.15) is 12.5 Å². The van der Waals surface area contributed by atoms with E-state index in [0.29, 0.717) is 17.2 Å². The molecule has 0 spiro atoms. The first-order chi connectivity index (χ1) is 7.75. The van der Waals surface area contributed by atoms with E-state index in [1.807, 2.05) is 4.57 Å². The molecule has 0 amide bonds. The smallest absolute Gasteiger partial charge is 0.280 e. The lowest BCUT2D eigenvalue weighted by Gasteiger charge is -2.10. The van der Waals surface area contributed by atoms with E-state index in [0.717, 1.165) is 19.5 Å². The van der Waals surface area contributed by atoms with Crippen molar-refractivity contribution < 1.29 is 0 Å². The van der Waals surface area contributed by atoms with Crippen LogP contribution >= 0.6 is 0 Å².